The highest BCUT2D eigenvalue weighted by atomic mass is 32.2. The van der Waals surface area contributed by atoms with Crippen molar-refractivity contribution in [3.05, 3.63) is 29.8 Å². The van der Waals surface area contributed by atoms with Crippen molar-refractivity contribution in [1.82, 2.24) is 4.90 Å². The molecule has 0 bridgehead atoms. The standard InChI is InChI=1S/C13H17F2NO2S/c1-13(2,18)8-16(3)12(17)7-19-9-4-5-10(14)11(15)6-9/h4-6,18H,7-8H2,1-3H3. The number of hydrogen-bond donors (Lipinski definition) is 1. The summed E-state index contributed by atoms with van der Waals surface area (Å²) in [7, 11) is 1.59. The van der Waals surface area contributed by atoms with Crippen LogP contribution in [-0.4, -0.2) is 40.9 Å². The van der Waals surface area contributed by atoms with Crippen LogP contribution < -0.4 is 0 Å². The number of carbonyl (C=O) groups is 1. The highest BCUT2D eigenvalue weighted by Crippen LogP contribution is 2.20. The van der Waals surface area contributed by atoms with Crippen LogP contribution in [0.15, 0.2) is 23.1 Å². The zero-order chi connectivity index (χ0) is 14.6. The lowest BCUT2D eigenvalue weighted by Gasteiger charge is -2.25. The van der Waals surface area contributed by atoms with Crippen molar-refractivity contribution >= 4 is 17.7 Å². The lowest BCUT2D eigenvalue weighted by Crippen LogP contribution is -2.40. The lowest BCUT2D eigenvalue weighted by molar-refractivity contribution is -0.129. The molecule has 1 amide bonds. The van der Waals surface area contributed by atoms with Crippen molar-refractivity contribution in [2.75, 3.05) is 19.3 Å². The monoisotopic (exact) mass is 289 g/mol. The first kappa shape index (κ1) is 15.9. The van der Waals surface area contributed by atoms with Crippen molar-refractivity contribution in [3.63, 3.8) is 0 Å². The van der Waals surface area contributed by atoms with E-state index < -0.39 is 17.2 Å². The van der Waals surface area contributed by atoms with Gasteiger partial charge in [-0.1, -0.05) is 0 Å². The number of aliphatic hydroxyl groups is 1. The fourth-order valence-electron chi connectivity index (χ4n) is 1.49. The molecule has 0 aliphatic heterocycles. The van der Waals surface area contributed by atoms with Gasteiger partial charge in [-0.15, -0.1) is 11.8 Å². The van der Waals surface area contributed by atoms with Gasteiger partial charge in [0.25, 0.3) is 0 Å². The molecule has 0 unspecified atom stereocenters. The van der Waals surface area contributed by atoms with Crippen LogP contribution in [0, 0.1) is 11.6 Å². The third-order valence-electron chi connectivity index (χ3n) is 2.30. The maximum Gasteiger partial charge on any atom is 0.232 e. The summed E-state index contributed by atoms with van der Waals surface area (Å²) in [6.07, 6.45) is 0. The van der Waals surface area contributed by atoms with Crippen molar-refractivity contribution in [1.29, 1.82) is 0 Å². The van der Waals surface area contributed by atoms with Crippen LogP contribution >= 0.6 is 11.8 Å². The molecule has 1 N–H and O–H groups in total. The van der Waals surface area contributed by atoms with Crippen LogP contribution in [0.3, 0.4) is 0 Å². The summed E-state index contributed by atoms with van der Waals surface area (Å²) >= 11 is 1.13. The molecule has 1 rings (SSSR count). The number of amides is 1. The van der Waals surface area contributed by atoms with Crippen LogP contribution in [0.25, 0.3) is 0 Å². The van der Waals surface area contributed by atoms with E-state index in [9.17, 15) is 18.7 Å². The van der Waals surface area contributed by atoms with E-state index >= 15 is 0 Å². The number of likely N-dealkylation sites (N-methyl/N-ethyl adjacent to an activating group) is 1. The van der Waals surface area contributed by atoms with Crippen molar-refractivity contribution in [2.45, 2.75) is 24.3 Å². The van der Waals surface area contributed by atoms with E-state index in [1.54, 1.807) is 20.9 Å². The van der Waals surface area contributed by atoms with E-state index in [1.807, 2.05) is 0 Å². The van der Waals surface area contributed by atoms with Crippen molar-refractivity contribution < 1.29 is 18.7 Å². The van der Waals surface area contributed by atoms with E-state index in [-0.39, 0.29) is 18.2 Å². The Labute approximate surface area is 115 Å². The summed E-state index contributed by atoms with van der Waals surface area (Å²) in [5.41, 5.74) is -0.961. The molecule has 0 radical (unpaired) electrons. The Hall–Kier alpha value is -1.14. The first-order valence-electron chi connectivity index (χ1n) is 5.73. The van der Waals surface area contributed by atoms with Gasteiger partial charge in [0.05, 0.1) is 11.4 Å². The molecular weight excluding hydrogens is 272 g/mol. The first-order chi connectivity index (χ1) is 8.69. The summed E-state index contributed by atoms with van der Waals surface area (Å²) < 4.78 is 25.7. The molecule has 6 heteroatoms. The van der Waals surface area contributed by atoms with Crippen LogP contribution in [0.1, 0.15) is 13.8 Å². The Morgan fingerprint density at radius 1 is 1.37 bits per heavy atom. The lowest BCUT2D eigenvalue weighted by atomic mass is 10.1. The molecule has 0 heterocycles. The predicted octanol–water partition coefficient (Wildman–Crippen LogP) is 2.29. The van der Waals surface area contributed by atoms with Crippen LogP contribution in [0.5, 0.6) is 0 Å². The molecule has 0 aliphatic carbocycles. The Morgan fingerprint density at radius 2 is 2.00 bits per heavy atom. The summed E-state index contributed by atoms with van der Waals surface area (Å²) in [6.45, 7) is 3.43. The fourth-order valence-corrected chi connectivity index (χ4v) is 2.35. The number of carbonyl (C=O) groups excluding carboxylic acids is 1. The van der Waals surface area contributed by atoms with E-state index in [0.29, 0.717) is 4.90 Å². The Morgan fingerprint density at radius 3 is 2.53 bits per heavy atom. The third kappa shape index (κ3) is 5.57. The summed E-state index contributed by atoms with van der Waals surface area (Å²) in [5, 5.41) is 9.60. The second-order valence-electron chi connectivity index (χ2n) is 4.93. The molecule has 0 aliphatic rings. The minimum atomic E-state index is -0.961. The fraction of sp³-hybridized carbons (Fsp3) is 0.462. The molecule has 1 aromatic rings. The largest absolute Gasteiger partial charge is 0.389 e. The molecule has 0 saturated carbocycles. The number of benzene rings is 1. The molecule has 0 saturated heterocycles. The molecule has 19 heavy (non-hydrogen) atoms. The topological polar surface area (TPSA) is 40.5 Å². The molecule has 1 aromatic carbocycles. The number of halogens is 2. The predicted molar refractivity (Wildman–Crippen MR) is 71.0 cm³/mol. The summed E-state index contributed by atoms with van der Waals surface area (Å²) in [4.78, 5) is 13.7. The molecule has 0 aromatic heterocycles. The van der Waals surface area contributed by atoms with Crippen LogP contribution in [0.2, 0.25) is 0 Å². The van der Waals surface area contributed by atoms with E-state index in [0.717, 1.165) is 23.9 Å². The summed E-state index contributed by atoms with van der Waals surface area (Å²) in [5.74, 6) is -1.91. The molecule has 106 valence electrons. The third-order valence-corrected chi connectivity index (χ3v) is 3.28. The smallest absolute Gasteiger partial charge is 0.232 e. The van der Waals surface area contributed by atoms with E-state index in [2.05, 4.69) is 0 Å². The zero-order valence-electron chi connectivity index (χ0n) is 11.1. The second-order valence-corrected chi connectivity index (χ2v) is 5.98. The van der Waals surface area contributed by atoms with Crippen LogP contribution in [0.4, 0.5) is 8.78 Å². The van der Waals surface area contributed by atoms with Crippen molar-refractivity contribution in [2.24, 2.45) is 0 Å². The van der Waals surface area contributed by atoms with Gasteiger partial charge < -0.3 is 10.0 Å². The average Bonchev–Trinajstić information content (AvgIpc) is 2.28. The zero-order valence-corrected chi connectivity index (χ0v) is 11.9. The van der Waals surface area contributed by atoms with Gasteiger partial charge in [0.2, 0.25) is 5.91 Å². The van der Waals surface area contributed by atoms with Gasteiger partial charge in [-0.25, -0.2) is 8.78 Å². The number of thioether (sulfide) groups is 1. The molecule has 0 fully saturated rings. The maximum atomic E-state index is 13.0. The van der Waals surface area contributed by atoms with Gasteiger partial charge >= 0.3 is 0 Å². The molecule has 0 atom stereocenters. The number of hydrogen-bond acceptors (Lipinski definition) is 3. The normalized spacial score (nSPS) is 11.5. The van der Waals surface area contributed by atoms with Crippen LogP contribution in [-0.2, 0) is 4.79 Å². The quantitative estimate of drug-likeness (QED) is 0.846. The number of rotatable bonds is 5. The molecule has 0 spiro atoms. The highest BCUT2D eigenvalue weighted by molar-refractivity contribution is 8.00. The van der Waals surface area contributed by atoms with Gasteiger partial charge in [0, 0.05) is 18.5 Å². The van der Waals surface area contributed by atoms with Gasteiger partial charge in [-0.05, 0) is 32.0 Å². The second kappa shape index (κ2) is 6.34. The van der Waals surface area contributed by atoms with Gasteiger partial charge in [0.1, 0.15) is 0 Å². The number of nitrogens with zero attached hydrogens (tertiary/aromatic N) is 1. The van der Waals surface area contributed by atoms with Gasteiger partial charge in [0.15, 0.2) is 11.6 Å². The maximum absolute atomic E-state index is 13.0. The van der Waals surface area contributed by atoms with Gasteiger partial charge in [-0.3, -0.25) is 4.79 Å². The Balaban J connectivity index is 2.52. The van der Waals surface area contributed by atoms with E-state index in [4.69, 9.17) is 0 Å². The van der Waals surface area contributed by atoms with Crippen molar-refractivity contribution in [3.8, 4) is 0 Å². The van der Waals surface area contributed by atoms with Gasteiger partial charge in [-0.2, -0.15) is 0 Å². The Bertz CT molecular complexity index is 460. The molecule has 3 nitrogen and oxygen atoms in total. The first-order valence-corrected chi connectivity index (χ1v) is 6.72. The highest BCUT2D eigenvalue weighted by Gasteiger charge is 2.19. The molecular formula is C13H17F2NO2S. The SMILES string of the molecule is CN(CC(C)(C)O)C(=O)CSc1ccc(F)c(F)c1. The minimum Gasteiger partial charge on any atom is -0.389 e. The Kier molecular flexibility index (Phi) is 5.31. The summed E-state index contributed by atoms with van der Waals surface area (Å²) in [6, 6.07) is 3.51. The van der Waals surface area contributed by atoms with E-state index in [1.165, 1.54) is 11.0 Å². The average molecular weight is 289 g/mol. The minimum absolute atomic E-state index is 0.109.